The van der Waals surface area contributed by atoms with Crippen LogP contribution in [0.15, 0.2) is 24.3 Å². The maximum Gasteiger partial charge on any atom is 0.338 e. The second-order valence-corrected chi connectivity index (χ2v) is 9.26. The normalized spacial score (nSPS) is 27.0. The number of carbonyl (C=O) groups excluding carboxylic acids is 1. The molecule has 0 bridgehead atoms. The molecule has 29 heavy (non-hydrogen) atoms. The van der Waals surface area contributed by atoms with Gasteiger partial charge in [-0.15, -0.1) is 0 Å². The van der Waals surface area contributed by atoms with Crippen LogP contribution in [0.1, 0.15) is 75.1 Å². The molecule has 0 unspecified atom stereocenters. The van der Waals surface area contributed by atoms with E-state index in [4.69, 9.17) is 4.74 Å². The highest BCUT2D eigenvalue weighted by molar-refractivity contribution is 5.89. The number of ether oxygens (including phenoxy) is 1. The van der Waals surface area contributed by atoms with Gasteiger partial charge in [-0.1, -0.05) is 32.1 Å². The Hall–Kier alpha value is -1.55. The van der Waals surface area contributed by atoms with Gasteiger partial charge in [0.25, 0.3) is 0 Å². The third-order valence-electron chi connectivity index (χ3n) is 7.63. The van der Waals surface area contributed by atoms with Crippen molar-refractivity contribution in [3.63, 3.8) is 0 Å². The standard InChI is InChI=1S/C25H38N2O2/c1-2-29-25(28)22-10-14-24(15-11-22)27-18-16-26(17-19-27)23-12-8-21(9-13-23)20-6-4-3-5-7-20/h10-11,14-15,20-21,23H,2-9,12-13,16-19H2,1H3. The van der Waals surface area contributed by atoms with Crippen molar-refractivity contribution < 1.29 is 9.53 Å². The molecule has 0 radical (unpaired) electrons. The number of hydrogen-bond acceptors (Lipinski definition) is 4. The first-order chi connectivity index (χ1) is 14.2. The SMILES string of the molecule is CCOC(=O)c1ccc(N2CCN(C3CCC(C4CCCCC4)CC3)CC2)cc1. The lowest BCUT2D eigenvalue weighted by molar-refractivity contribution is 0.0526. The third-order valence-corrected chi connectivity index (χ3v) is 7.63. The third kappa shape index (κ3) is 5.14. The van der Waals surface area contributed by atoms with Crippen molar-refractivity contribution in [1.82, 2.24) is 4.90 Å². The van der Waals surface area contributed by atoms with E-state index in [0.29, 0.717) is 12.2 Å². The summed E-state index contributed by atoms with van der Waals surface area (Å²) in [5.41, 5.74) is 1.86. The van der Waals surface area contributed by atoms with Gasteiger partial charge in [0.2, 0.25) is 0 Å². The van der Waals surface area contributed by atoms with Crippen LogP contribution in [0.3, 0.4) is 0 Å². The number of benzene rings is 1. The first-order valence-corrected chi connectivity index (χ1v) is 12.0. The molecule has 0 spiro atoms. The zero-order chi connectivity index (χ0) is 20.1. The second kappa shape index (κ2) is 9.97. The average Bonchev–Trinajstić information content (AvgIpc) is 2.80. The molecule has 4 heteroatoms. The van der Waals surface area contributed by atoms with Gasteiger partial charge in [-0.05, 0) is 68.7 Å². The van der Waals surface area contributed by atoms with Crippen molar-refractivity contribution >= 4 is 11.7 Å². The summed E-state index contributed by atoms with van der Waals surface area (Å²) in [6, 6.07) is 8.73. The lowest BCUT2D eigenvalue weighted by Gasteiger charge is -2.44. The van der Waals surface area contributed by atoms with E-state index < -0.39 is 0 Å². The molecule has 0 amide bonds. The van der Waals surface area contributed by atoms with E-state index in [1.807, 2.05) is 19.1 Å². The van der Waals surface area contributed by atoms with E-state index in [1.165, 1.54) is 76.6 Å². The molecule has 160 valence electrons. The van der Waals surface area contributed by atoms with Crippen LogP contribution in [0.5, 0.6) is 0 Å². The van der Waals surface area contributed by atoms with Crippen LogP contribution in [0.4, 0.5) is 5.69 Å². The minimum atomic E-state index is -0.229. The Kier molecular flexibility index (Phi) is 7.12. The van der Waals surface area contributed by atoms with E-state index >= 15 is 0 Å². The molecule has 1 saturated heterocycles. The van der Waals surface area contributed by atoms with Gasteiger partial charge in [-0.25, -0.2) is 4.79 Å². The average molecular weight is 399 g/mol. The van der Waals surface area contributed by atoms with Gasteiger partial charge < -0.3 is 9.64 Å². The fourth-order valence-electron chi connectivity index (χ4n) is 5.91. The smallest absolute Gasteiger partial charge is 0.338 e. The molecule has 2 aliphatic carbocycles. The van der Waals surface area contributed by atoms with Gasteiger partial charge in [0.1, 0.15) is 0 Å². The maximum absolute atomic E-state index is 11.8. The van der Waals surface area contributed by atoms with Gasteiger partial charge in [0, 0.05) is 37.9 Å². The summed E-state index contributed by atoms with van der Waals surface area (Å²) in [4.78, 5) is 17.0. The Bertz CT molecular complexity index is 637. The number of piperazine rings is 1. The van der Waals surface area contributed by atoms with Crippen molar-refractivity contribution in [2.75, 3.05) is 37.7 Å². The second-order valence-electron chi connectivity index (χ2n) is 9.26. The Morgan fingerprint density at radius 3 is 2.10 bits per heavy atom. The molecule has 0 aromatic heterocycles. The summed E-state index contributed by atoms with van der Waals surface area (Å²) in [6.45, 7) is 6.76. The van der Waals surface area contributed by atoms with E-state index in [2.05, 4.69) is 21.9 Å². The topological polar surface area (TPSA) is 32.8 Å². The Labute approximate surface area is 176 Å². The number of nitrogens with zero attached hydrogens (tertiary/aromatic N) is 2. The Morgan fingerprint density at radius 2 is 1.48 bits per heavy atom. The zero-order valence-electron chi connectivity index (χ0n) is 18.2. The largest absolute Gasteiger partial charge is 0.462 e. The van der Waals surface area contributed by atoms with Gasteiger partial charge in [-0.3, -0.25) is 4.90 Å². The highest BCUT2D eigenvalue weighted by Crippen LogP contribution is 2.39. The summed E-state index contributed by atoms with van der Waals surface area (Å²) in [6.07, 6.45) is 13.2. The first-order valence-electron chi connectivity index (χ1n) is 12.0. The molecule has 2 saturated carbocycles. The minimum Gasteiger partial charge on any atom is -0.462 e. The highest BCUT2D eigenvalue weighted by Gasteiger charge is 2.32. The van der Waals surface area contributed by atoms with Crippen molar-refractivity contribution in [2.45, 2.75) is 70.8 Å². The summed E-state index contributed by atoms with van der Waals surface area (Å²) < 4.78 is 5.08. The summed E-state index contributed by atoms with van der Waals surface area (Å²) >= 11 is 0. The van der Waals surface area contributed by atoms with Crippen LogP contribution in [-0.4, -0.2) is 49.7 Å². The predicted molar refractivity (Wildman–Crippen MR) is 119 cm³/mol. The molecule has 0 N–H and O–H groups in total. The summed E-state index contributed by atoms with van der Waals surface area (Å²) in [7, 11) is 0. The predicted octanol–water partition coefficient (Wildman–Crippen LogP) is 5.12. The number of carbonyl (C=O) groups is 1. The summed E-state index contributed by atoms with van der Waals surface area (Å²) in [5.74, 6) is 1.83. The van der Waals surface area contributed by atoms with Gasteiger partial charge in [-0.2, -0.15) is 0 Å². The van der Waals surface area contributed by atoms with E-state index in [0.717, 1.165) is 31.0 Å². The number of esters is 1. The lowest BCUT2D eigenvalue weighted by Crippen LogP contribution is -2.51. The number of rotatable bonds is 5. The molecular formula is C25H38N2O2. The number of hydrogen-bond donors (Lipinski definition) is 0. The summed E-state index contributed by atoms with van der Waals surface area (Å²) in [5, 5.41) is 0. The van der Waals surface area contributed by atoms with E-state index in [9.17, 15) is 4.79 Å². The van der Waals surface area contributed by atoms with Crippen molar-refractivity contribution in [2.24, 2.45) is 11.8 Å². The maximum atomic E-state index is 11.8. The lowest BCUT2D eigenvalue weighted by atomic mass is 9.72. The van der Waals surface area contributed by atoms with Gasteiger partial charge in [0.15, 0.2) is 0 Å². The molecule has 1 aliphatic heterocycles. The van der Waals surface area contributed by atoms with Crippen LogP contribution in [0.25, 0.3) is 0 Å². The molecule has 3 aliphatic rings. The monoisotopic (exact) mass is 398 g/mol. The van der Waals surface area contributed by atoms with Crippen LogP contribution < -0.4 is 4.90 Å². The van der Waals surface area contributed by atoms with Gasteiger partial charge >= 0.3 is 5.97 Å². The fourth-order valence-corrected chi connectivity index (χ4v) is 5.91. The van der Waals surface area contributed by atoms with Crippen molar-refractivity contribution in [3.8, 4) is 0 Å². The molecular weight excluding hydrogens is 360 g/mol. The van der Waals surface area contributed by atoms with Crippen molar-refractivity contribution in [1.29, 1.82) is 0 Å². The Balaban J connectivity index is 1.23. The molecule has 4 nitrogen and oxygen atoms in total. The van der Waals surface area contributed by atoms with Crippen LogP contribution in [-0.2, 0) is 4.74 Å². The molecule has 3 fully saturated rings. The number of anilines is 1. The van der Waals surface area contributed by atoms with E-state index in [-0.39, 0.29) is 5.97 Å². The fraction of sp³-hybridized carbons (Fsp3) is 0.720. The van der Waals surface area contributed by atoms with Gasteiger partial charge in [0.05, 0.1) is 12.2 Å². The van der Waals surface area contributed by atoms with E-state index in [1.54, 1.807) is 0 Å². The molecule has 1 aromatic carbocycles. The molecule has 1 heterocycles. The van der Waals surface area contributed by atoms with Crippen LogP contribution in [0, 0.1) is 11.8 Å². The Morgan fingerprint density at radius 1 is 0.862 bits per heavy atom. The molecule has 0 atom stereocenters. The minimum absolute atomic E-state index is 0.229. The van der Waals surface area contributed by atoms with Crippen LogP contribution in [0.2, 0.25) is 0 Å². The first kappa shape index (κ1) is 20.7. The quantitative estimate of drug-likeness (QED) is 0.644. The van der Waals surface area contributed by atoms with Crippen LogP contribution >= 0.6 is 0 Å². The molecule has 1 aromatic rings. The zero-order valence-corrected chi connectivity index (χ0v) is 18.2. The molecule has 4 rings (SSSR count). The highest BCUT2D eigenvalue weighted by atomic mass is 16.5. The van der Waals surface area contributed by atoms with Crippen molar-refractivity contribution in [3.05, 3.63) is 29.8 Å².